The van der Waals surface area contributed by atoms with Crippen LogP contribution in [0.25, 0.3) is 0 Å². The Labute approximate surface area is 198 Å². The minimum atomic E-state index is -2.71. The summed E-state index contributed by atoms with van der Waals surface area (Å²) in [7, 11) is -1.14. The molecule has 0 heterocycles. The number of hydrogen-bond acceptors (Lipinski definition) is 4. The van der Waals surface area contributed by atoms with Crippen LogP contribution in [0.1, 0.15) is 19.8 Å². The highest BCUT2D eigenvalue weighted by Gasteiger charge is 2.14. The van der Waals surface area contributed by atoms with Gasteiger partial charge in [0.25, 0.3) is 0 Å². The summed E-state index contributed by atoms with van der Waals surface area (Å²) in [5.41, 5.74) is 0. The van der Waals surface area contributed by atoms with Gasteiger partial charge in [-0.05, 0) is 101 Å². The molecule has 0 saturated carbocycles. The van der Waals surface area contributed by atoms with Crippen LogP contribution in [0.4, 0.5) is 0 Å². The number of rotatable bonds is 8. The van der Waals surface area contributed by atoms with Crippen molar-refractivity contribution in [1.29, 1.82) is 0 Å². The summed E-state index contributed by atoms with van der Waals surface area (Å²) < 4.78 is 21.3. The molecule has 0 spiro atoms. The van der Waals surface area contributed by atoms with Crippen LogP contribution in [-0.4, -0.2) is 32.8 Å². The lowest BCUT2D eigenvalue weighted by atomic mass is 10.0. The predicted molar refractivity (Wildman–Crippen MR) is 132 cm³/mol. The van der Waals surface area contributed by atoms with Gasteiger partial charge in [-0.25, -0.2) is 0 Å². The molecule has 0 aromatic heterocycles. The molecule has 164 valence electrons. The highest BCUT2D eigenvalue weighted by Crippen LogP contribution is 2.40. The average molecular weight is 453 g/mol. The number of methoxy groups -OCH3 is 1. The van der Waals surface area contributed by atoms with Crippen molar-refractivity contribution in [3.05, 3.63) is 6.66 Å². The van der Waals surface area contributed by atoms with Crippen LogP contribution in [0.15, 0.2) is 0 Å². The quantitative estimate of drug-likeness (QED) is 0.322. The zero-order valence-corrected chi connectivity index (χ0v) is 19.7. The van der Waals surface area contributed by atoms with E-state index in [1.54, 1.807) is 7.11 Å². The Morgan fingerprint density at radius 3 is 1.45 bits per heavy atom. The van der Waals surface area contributed by atoms with Crippen molar-refractivity contribution in [1.82, 2.24) is 0 Å². The van der Waals surface area contributed by atoms with Crippen molar-refractivity contribution in [2.45, 2.75) is 19.8 Å². The van der Waals surface area contributed by atoms with Crippen molar-refractivity contribution in [2.24, 2.45) is 5.92 Å². The molecule has 0 amide bonds. The fourth-order valence-corrected chi connectivity index (χ4v) is 2.10. The molecule has 0 fully saturated rings. The van der Waals surface area contributed by atoms with E-state index in [1.807, 2.05) is 6.92 Å². The molecule has 0 aromatic rings. The monoisotopic (exact) mass is 453 g/mol. The van der Waals surface area contributed by atoms with Crippen LogP contribution in [0, 0.1) is 120 Å². The molecular formula is C28H22O4P-. The third kappa shape index (κ3) is 27.9. The third-order valence-corrected chi connectivity index (χ3v) is 3.55. The Morgan fingerprint density at radius 1 is 0.818 bits per heavy atom. The Bertz CT molecular complexity index is 1150. The van der Waals surface area contributed by atoms with Gasteiger partial charge in [-0.1, -0.05) is 6.92 Å². The molecule has 0 aliphatic carbocycles. The first-order valence-corrected chi connectivity index (χ1v) is 11.5. The van der Waals surface area contributed by atoms with Crippen molar-refractivity contribution in [3.63, 3.8) is 0 Å². The normalized spacial score (nSPS) is 9.76. The molecule has 0 bridgehead atoms. The summed E-state index contributed by atoms with van der Waals surface area (Å²) in [5.74, 6) is 38.4. The highest BCUT2D eigenvalue weighted by atomic mass is 31.2. The van der Waals surface area contributed by atoms with E-state index >= 15 is 0 Å². The van der Waals surface area contributed by atoms with Gasteiger partial charge in [0.1, 0.15) is 5.78 Å². The molecule has 4 nitrogen and oxygen atoms in total. The predicted octanol–water partition coefficient (Wildman–Crippen LogP) is 2.61. The molecule has 0 aliphatic heterocycles. The second kappa shape index (κ2) is 22.5. The van der Waals surface area contributed by atoms with E-state index < -0.39 is 7.37 Å². The highest BCUT2D eigenvalue weighted by molar-refractivity contribution is 7.59. The second-order valence-electron chi connectivity index (χ2n) is 5.77. The Kier molecular flexibility index (Phi) is 21.2. The molecule has 0 saturated heterocycles. The van der Waals surface area contributed by atoms with Gasteiger partial charge in [0, 0.05) is 25.9 Å². The van der Waals surface area contributed by atoms with E-state index in [4.69, 9.17) is 22.1 Å². The SMILES string of the molecule is C#CC#CC#CC#CC#CC#CC#CC#CC#C.[CH2-][P@@](C)(=O)OC[C@H](COC)CC(=O)CC. The van der Waals surface area contributed by atoms with E-state index in [0.717, 1.165) is 0 Å². The number of terminal acetylenes is 2. The van der Waals surface area contributed by atoms with Crippen molar-refractivity contribution in [2.75, 3.05) is 27.0 Å². The number of Topliss-reactive ketones (excluding diaryl/α,β-unsaturated/α-hetero) is 1. The maximum absolute atomic E-state index is 11.2. The first-order valence-electron chi connectivity index (χ1n) is 9.28. The van der Waals surface area contributed by atoms with Gasteiger partial charge in [-0.15, -0.1) is 12.8 Å². The van der Waals surface area contributed by atoms with E-state index in [2.05, 4.69) is 101 Å². The van der Waals surface area contributed by atoms with Gasteiger partial charge < -0.3 is 13.8 Å². The largest absolute Gasteiger partial charge is 0.384 e. The minimum Gasteiger partial charge on any atom is -0.384 e. The van der Waals surface area contributed by atoms with Crippen molar-refractivity contribution in [3.8, 4) is 108 Å². The lowest BCUT2D eigenvalue weighted by Crippen LogP contribution is -2.18. The Balaban J connectivity index is 0. The summed E-state index contributed by atoms with van der Waals surface area (Å²) in [6, 6.07) is 0. The van der Waals surface area contributed by atoms with Gasteiger partial charge in [-0.3, -0.25) is 11.5 Å². The molecule has 33 heavy (non-hydrogen) atoms. The Morgan fingerprint density at radius 2 is 1.18 bits per heavy atom. The van der Waals surface area contributed by atoms with E-state index in [1.165, 1.54) is 6.66 Å². The van der Waals surface area contributed by atoms with E-state index in [-0.39, 0.29) is 18.3 Å². The number of hydrogen-bond donors (Lipinski definition) is 0. The third-order valence-electron chi connectivity index (χ3n) is 2.85. The summed E-state index contributed by atoms with van der Waals surface area (Å²) in [6.45, 7) is 7.38. The van der Waals surface area contributed by atoms with Crippen molar-refractivity contribution >= 4 is 13.2 Å². The van der Waals surface area contributed by atoms with Crippen LogP contribution in [0.2, 0.25) is 0 Å². The molecular weight excluding hydrogens is 431 g/mol. The van der Waals surface area contributed by atoms with E-state index in [9.17, 15) is 9.36 Å². The number of carbonyl (C=O) groups is 1. The average Bonchev–Trinajstić information content (AvgIpc) is 2.77. The molecule has 5 heteroatoms. The van der Waals surface area contributed by atoms with Crippen LogP contribution < -0.4 is 0 Å². The first kappa shape index (κ1) is 31.0. The topological polar surface area (TPSA) is 52.6 Å². The first-order chi connectivity index (χ1) is 15.8. The van der Waals surface area contributed by atoms with Crippen molar-refractivity contribution < 1.29 is 18.6 Å². The van der Waals surface area contributed by atoms with Gasteiger partial charge in [-0.2, -0.15) is 0 Å². The fraction of sp³-hybridized carbons (Fsp3) is 0.286. The molecule has 2 atom stereocenters. The zero-order chi connectivity index (χ0) is 25.2. The number of ether oxygens (including phenoxy) is 1. The van der Waals surface area contributed by atoms with Crippen LogP contribution in [-0.2, 0) is 18.6 Å². The number of ketones is 1. The standard InChI is InChI=1S/C18H2.C10H20O4P/c1-3-5-7-9-11-13-15-17-18-16-14-12-10-8-6-4-2;1-5-10(11)6-9(7-13-2)8-14-15(3,4)12/h1-2H;9H,3,5-8H2,1-2,4H3/q;-1/t;9-,15+/m.0/s1. The molecule has 0 unspecified atom stereocenters. The molecule has 0 aromatic carbocycles. The van der Waals surface area contributed by atoms with Gasteiger partial charge >= 0.3 is 0 Å². The van der Waals surface area contributed by atoms with E-state index in [0.29, 0.717) is 19.4 Å². The number of carbonyl (C=O) groups excluding carboxylic acids is 1. The second-order valence-corrected chi connectivity index (χ2v) is 8.05. The van der Waals surface area contributed by atoms with Crippen LogP contribution in [0.3, 0.4) is 0 Å². The molecule has 0 aliphatic rings. The molecule has 0 N–H and O–H groups in total. The summed E-state index contributed by atoms with van der Waals surface area (Å²) in [5, 5.41) is 0. The lowest BCUT2D eigenvalue weighted by Gasteiger charge is -2.20. The fourth-order valence-electron chi connectivity index (χ4n) is 1.58. The molecule has 0 radical (unpaired) electrons. The maximum atomic E-state index is 11.2. The van der Waals surface area contributed by atoms with Crippen LogP contribution in [0.5, 0.6) is 0 Å². The summed E-state index contributed by atoms with van der Waals surface area (Å²) in [4.78, 5) is 11.2. The Hall–Kier alpha value is -4.14. The smallest absolute Gasteiger partial charge is 0.133 e. The summed E-state index contributed by atoms with van der Waals surface area (Å²) in [6.07, 6.45) is 10.7. The summed E-state index contributed by atoms with van der Waals surface area (Å²) >= 11 is 0. The maximum Gasteiger partial charge on any atom is 0.133 e. The molecule has 0 rings (SSSR count). The van der Waals surface area contributed by atoms with Crippen LogP contribution >= 0.6 is 7.37 Å². The van der Waals surface area contributed by atoms with Gasteiger partial charge in [0.15, 0.2) is 0 Å². The lowest BCUT2D eigenvalue weighted by molar-refractivity contribution is -0.120. The zero-order valence-electron chi connectivity index (χ0n) is 18.8. The van der Waals surface area contributed by atoms with Gasteiger partial charge in [0.05, 0.1) is 20.6 Å². The minimum absolute atomic E-state index is 0.0301. The van der Waals surface area contributed by atoms with Gasteiger partial charge in [0.2, 0.25) is 0 Å².